The smallest absolute Gasteiger partial charge is 0.141 e. The van der Waals surface area contributed by atoms with Gasteiger partial charge in [-0.2, -0.15) is 0 Å². The Morgan fingerprint density at radius 3 is 2.48 bits per heavy atom. The fourth-order valence-corrected chi connectivity index (χ4v) is 4.84. The molecule has 2 aliphatic heterocycles. The molecule has 3 nitrogen and oxygen atoms in total. The van der Waals surface area contributed by atoms with Gasteiger partial charge in [-0.25, -0.2) is 0 Å². The summed E-state index contributed by atoms with van der Waals surface area (Å²) in [5.41, 5.74) is 5.41. The van der Waals surface area contributed by atoms with E-state index in [0.717, 1.165) is 28.4 Å². The molecule has 3 heteroatoms. The Morgan fingerprint density at radius 1 is 1.17 bits per heavy atom. The van der Waals surface area contributed by atoms with E-state index in [1.807, 2.05) is 0 Å². The third-order valence-corrected chi connectivity index (χ3v) is 6.07. The van der Waals surface area contributed by atoms with Gasteiger partial charge >= 0.3 is 0 Å². The Morgan fingerprint density at radius 2 is 1.86 bits per heavy atom. The van der Waals surface area contributed by atoms with Crippen LogP contribution in [0.4, 0.5) is 0 Å². The average molecular weight is 390 g/mol. The molecule has 2 aromatic rings. The number of rotatable bonds is 4. The van der Waals surface area contributed by atoms with E-state index in [9.17, 15) is 5.11 Å². The number of aliphatic hydroxyl groups excluding tert-OH is 1. The van der Waals surface area contributed by atoms with E-state index in [1.165, 1.54) is 21.9 Å². The first-order valence-electron chi connectivity index (χ1n) is 10.7. The van der Waals surface area contributed by atoms with E-state index < -0.39 is 0 Å². The van der Waals surface area contributed by atoms with Crippen LogP contribution in [0.1, 0.15) is 69.6 Å². The Hall–Kier alpha value is -2.39. The first-order valence-corrected chi connectivity index (χ1v) is 10.7. The molecule has 29 heavy (non-hydrogen) atoms. The summed E-state index contributed by atoms with van der Waals surface area (Å²) in [6.07, 6.45) is 2.83. The van der Waals surface area contributed by atoms with Gasteiger partial charge < -0.3 is 9.84 Å². The average Bonchev–Trinajstić information content (AvgIpc) is 2.66. The number of fused-ring (bicyclic) bond motifs is 2. The van der Waals surface area contributed by atoms with Gasteiger partial charge in [0.25, 0.3) is 0 Å². The summed E-state index contributed by atoms with van der Waals surface area (Å²) in [6, 6.07) is 8.69. The van der Waals surface area contributed by atoms with Crippen molar-refractivity contribution in [3.05, 3.63) is 64.9 Å². The zero-order chi connectivity index (χ0) is 20.9. The van der Waals surface area contributed by atoms with Crippen LogP contribution in [0.2, 0.25) is 0 Å². The van der Waals surface area contributed by atoms with Gasteiger partial charge in [0, 0.05) is 29.2 Å². The molecule has 0 radical (unpaired) electrons. The Bertz CT molecular complexity index is 1040. The lowest BCUT2D eigenvalue weighted by Crippen LogP contribution is -2.31. The zero-order valence-electron chi connectivity index (χ0n) is 18.1. The Kier molecular flexibility index (Phi) is 5.12. The van der Waals surface area contributed by atoms with Crippen LogP contribution in [0.5, 0.6) is 5.75 Å². The molecule has 2 heterocycles. The van der Waals surface area contributed by atoms with Crippen molar-refractivity contribution in [1.29, 1.82) is 0 Å². The number of benzene rings is 2. The molecule has 2 aliphatic rings. The number of allylic oxidation sites excluding steroid dienone is 2. The summed E-state index contributed by atoms with van der Waals surface area (Å²) in [5.74, 6) is 2.58. The van der Waals surface area contributed by atoms with E-state index in [0.29, 0.717) is 18.3 Å². The number of ether oxygens (including phenoxy) is 1. The molecular weight excluding hydrogens is 358 g/mol. The first kappa shape index (κ1) is 19.9. The summed E-state index contributed by atoms with van der Waals surface area (Å²) in [4.78, 5) is 5.09. The van der Waals surface area contributed by atoms with E-state index in [1.54, 1.807) is 0 Å². The van der Waals surface area contributed by atoms with Gasteiger partial charge in [0.1, 0.15) is 11.5 Å². The van der Waals surface area contributed by atoms with Crippen LogP contribution in [0, 0.1) is 5.92 Å². The number of hydrogen-bond donors (Lipinski definition) is 1. The predicted octanol–water partition coefficient (Wildman–Crippen LogP) is 6.11. The minimum Gasteiger partial charge on any atom is -0.456 e. The number of aliphatic imine (C=N–C) groups is 1. The van der Waals surface area contributed by atoms with Crippen molar-refractivity contribution in [2.24, 2.45) is 10.9 Å². The van der Waals surface area contributed by atoms with Gasteiger partial charge in [0.2, 0.25) is 0 Å². The maximum Gasteiger partial charge on any atom is 0.141 e. The third kappa shape index (κ3) is 3.12. The normalized spacial score (nSPS) is 22.3. The van der Waals surface area contributed by atoms with E-state index in [-0.39, 0.29) is 18.6 Å². The second-order valence-electron chi connectivity index (χ2n) is 8.92. The monoisotopic (exact) mass is 389 g/mol. The molecule has 0 aromatic heterocycles. The molecule has 0 aliphatic carbocycles. The molecule has 0 amide bonds. The highest BCUT2D eigenvalue weighted by Gasteiger charge is 2.39. The second kappa shape index (κ2) is 7.46. The summed E-state index contributed by atoms with van der Waals surface area (Å²) in [5, 5.41) is 12.3. The highest BCUT2D eigenvalue weighted by Crippen LogP contribution is 2.50. The predicted molar refractivity (Wildman–Crippen MR) is 121 cm³/mol. The van der Waals surface area contributed by atoms with Crippen LogP contribution in [0.15, 0.2) is 53.2 Å². The minimum atomic E-state index is 0.0842. The lowest BCUT2D eigenvalue weighted by molar-refractivity contribution is 0.268. The SMILES string of the molecule is C=C1C2=NC(C)C(CCO)c3c2c(c(C(C)C)c2ccccc32)O/C1=C/C(C)C. The maximum atomic E-state index is 9.77. The fraction of sp³-hybridized carbons (Fsp3) is 0.423. The molecule has 1 N–H and O–H groups in total. The standard InChI is InChI=1S/C26H31NO2/c1-14(2)13-21-16(5)25-24-23(18(11-12-28)17(6)27-25)20-10-8-7-9-19(20)22(15(3)4)26(24)29-21/h7-10,13-15,17-18,28H,5,11-12H2,1-4,6H3/b21-13+. The molecule has 0 bridgehead atoms. The van der Waals surface area contributed by atoms with Crippen LogP contribution in [0.25, 0.3) is 10.8 Å². The number of hydrogen-bond acceptors (Lipinski definition) is 3. The van der Waals surface area contributed by atoms with Gasteiger partial charge in [0.15, 0.2) is 0 Å². The molecule has 0 saturated heterocycles. The van der Waals surface area contributed by atoms with E-state index >= 15 is 0 Å². The van der Waals surface area contributed by atoms with Crippen molar-refractivity contribution in [2.75, 3.05) is 6.61 Å². The lowest BCUT2D eigenvalue weighted by Gasteiger charge is -2.37. The molecule has 2 unspecified atom stereocenters. The Labute approximate surface area is 173 Å². The molecular formula is C26H31NO2. The molecule has 0 saturated carbocycles. The zero-order valence-corrected chi connectivity index (χ0v) is 18.1. The van der Waals surface area contributed by atoms with Crippen molar-refractivity contribution in [3.63, 3.8) is 0 Å². The molecule has 0 spiro atoms. The lowest BCUT2D eigenvalue weighted by atomic mass is 9.75. The minimum absolute atomic E-state index is 0.0842. The van der Waals surface area contributed by atoms with E-state index in [4.69, 9.17) is 9.73 Å². The van der Waals surface area contributed by atoms with Crippen molar-refractivity contribution in [1.82, 2.24) is 0 Å². The van der Waals surface area contributed by atoms with Crippen LogP contribution >= 0.6 is 0 Å². The second-order valence-corrected chi connectivity index (χ2v) is 8.92. The van der Waals surface area contributed by atoms with Crippen LogP contribution in [0.3, 0.4) is 0 Å². The third-order valence-electron chi connectivity index (χ3n) is 6.07. The molecule has 152 valence electrons. The maximum absolute atomic E-state index is 9.77. The number of aliphatic hydroxyl groups is 1. The highest BCUT2D eigenvalue weighted by atomic mass is 16.5. The van der Waals surface area contributed by atoms with Gasteiger partial charge in [-0.1, -0.05) is 58.5 Å². The summed E-state index contributed by atoms with van der Waals surface area (Å²) in [7, 11) is 0. The summed E-state index contributed by atoms with van der Waals surface area (Å²) >= 11 is 0. The Balaban J connectivity index is 2.14. The first-order chi connectivity index (χ1) is 13.8. The summed E-state index contributed by atoms with van der Waals surface area (Å²) in [6.45, 7) is 15.4. The van der Waals surface area contributed by atoms with Crippen LogP contribution in [-0.2, 0) is 0 Å². The van der Waals surface area contributed by atoms with Gasteiger partial charge in [-0.15, -0.1) is 0 Å². The van der Waals surface area contributed by atoms with Crippen LogP contribution in [-0.4, -0.2) is 23.5 Å². The van der Waals surface area contributed by atoms with Crippen molar-refractivity contribution in [2.45, 2.75) is 58.9 Å². The van der Waals surface area contributed by atoms with E-state index in [2.05, 4.69) is 71.5 Å². The topological polar surface area (TPSA) is 41.8 Å². The fourth-order valence-electron chi connectivity index (χ4n) is 4.84. The number of nitrogens with zero attached hydrogens (tertiary/aromatic N) is 1. The molecule has 4 rings (SSSR count). The quantitative estimate of drug-likeness (QED) is 0.685. The highest BCUT2D eigenvalue weighted by molar-refractivity contribution is 6.21. The van der Waals surface area contributed by atoms with Crippen LogP contribution < -0.4 is 4.74 Å². The largest absolute Gasteiger partial charge is 0.456 e. The van der Waals surface area contributed by atoms with Gasteiger partial charge in [0.05, 0.1) is 11.8 Å². The molecule has 0 fully saturated rings. The van der Waals surface area contributed by atoms with Crippen molar-refractivity contribution >= 4 is 16.5 Å². The van der Waals surface area contributed by atoms with Gasteiger partial charge in [-0.05, 0) is 47.6 Å². The molecule has 2 atom stereocenters. The van der Waals surface area contributed by atoms with Gasteiger partial charge in [-0.3, -0.25) is 4.99 Å². The van der Waals surface area contributed by atoms with Crippen molar-refractivity contribution in [3.8, 4) is 5.75 Å². The summed E-state index contributed by atoms with van der Waals surface area (Å²) < 4.78 is 6.58. The van der Waals surface area contributed by atoms with Crippen molar-refractivity contribution < 1.29 is 9.84 Å². The molecule has 2 aromatic carbocycles.